The number of carbonyl (C=O) groups excluding carboxylic acids is 2. The Morgan fingerprint density at radius 1 is 1.22 bits per heavy atom. The summed E-state index contributed by atoms with van der Waals surface area (Å²) in [6, 6.07) is 0. The topological polar surface area (TPSA) is 43.4 Å². The van der Waals surface area contributed by atoms with Crippen LogP contribution in [0.3, 0.4) is 0 Å². The maximum Gasteiger partial charge on any atom is 2.00 e. The summed E-state index contributed by atoms with van der Waals surface area (Å²) in [5, 5.41) is 0. The predicted octanol–water partition coefficient (Wildman–Crippen LogP) is -0.216. The molecule has 0 spiro atoms. The van der Waals surface area contributed by atoms with Gasteiger partial charge in [0, 0.05) is 13.8 Å². The zero-order chi connectivity index (χ0) is 5.86. The van der Waals surface area contributed by atoms with E-state index >= 15 is 0 Å². The van der Waals surface area contributed by atoms with Crippen LogP contribution in [-0.4, -0.2) is 98.6 Å². The Labute approximate surface area is 130 Å². The van der Waals surface area contributed by atoms with Gasteiger partial charge >= 0.3 is 98.6 Å². The molecule has 0 aromatic rings. The third-order valence-corrected chi connectivity index (χ3v) is 0.287. The van der Waals surface area contributed by atoms with Crippen molar-refractivity contribution in [2.45, 2.75) is 13.8 Å². The number of hydrogen-bond acceptors (Lipinski definition) is 3. The molecule has 0 aromatic heterocycles. The van der Waals surface area contributed by atoms with Crippen molar-refractivity contribution in [2.75, 3.05) is 0 Å². The maximum absolute atomic E-state index is 9.81. The molecule has 0 heterocycles. The molecule has 0 saturated heterocycles. The molecule has 5 heteroatoms. The summed E-state index contributed by atoms with van der Waals surface area (Å²) in [6.45, 7) is 2.36. The van der Waals surface area contributed by atoms with Gasteiger partial charge in [-0.3, -0.25) is 9.59 Å². The Balaban J connectivity index is -0.0000000120. The molecule has 9 heavy (non-hydrogen) atoms. The molecule has 0 aromatic carbocycles. The third kappa shape index (κ3) is 17.8. The molecule has 3 nitrogen and oxygen atoms in total. The second-order valence-corrected chi connectivity index (χ2v) is 1.09. The van der Waals surface area contributed by atoms with E-state index in [0.717, 1.165) is 0 Å². The Bertz CT molecular complexity index is 104. The molecule has 0 atom stereocenters. The molecule has 0 unspecified atom stereocenters. The SMILES string of the molecule is CC(=O)OC(C)=O.[Ba+2].[Ca+2].[H-].[H-].[H-].[H-]. The maximum atomic E-state index is 9.81. The fourth-order valence-corrected chi connectivity index (χ4v) is 0.202. The van der Waals surface area contributed by atoms with Crippen molar-refractivity contribution in [3.05, 3.63) is 0 Å². The first-order valence-electron chi connectivity index (χ1n) is 1.82. The van der Waals surface area contributed by atoms with Crippen LogP contribution in [0.15, 0.2) is 0 Å². The van der Waals surface area contributed by atoms with Gasteiger partial charge in [0.15, 0.2) is 0 Å². The van der Waals surface area contributed by atoms with Crippen molar-refractivity contribution in [3.8, 4) is 0 Å². The van der Waals surface area contributed by atoms with E-state index in [1.807, 2.05) is 0 Å². The van der Waals surface area contributed by atoms with Crippen molar-refractivity contribution in [1.82, 2.24) is 0 Å². The molecule has 0 fully saturated rings. The van der Waals surface area contributed by atoms with Crippen LogP contribution in [0.4, 0.5) is 0 Å². The van der Waals surface area contributed by atoms with Crippen molar-refractivity contribution in [3.63, 3.8) is 0 Å². The summed E-state index contributed by atoms with van der Waals surface area (Å²) in [5.41, 5.74) is 0. The van der Waals surface area contributed by atoms with E-state index in [2.05, 4.69) is 4.74 Å². The van der Waals surface area contributed by atoms with Crippen LogP contribution in [0.2, 0.25) is 0 Å². The number of hydrogen-bond donors (Lipinski definition) is 0. The summed E-state index contributed by atoms with van der Waals surface area (Å²) in [7, 11) is 0. The van der Waals surface area contributed by atoms with Gasteiger partial charge in [0.2, 0.25) is 0 Å². The number of esters is 2. The molecule has 0 aliphatic carbocycles. The quantitative estimate of drug-likeness (QED) is 0.351. The second kappa shape index (κ2) is 9.97. The van der Waals surface area contributed by atoms with Crippen molar-refractivity contribution in [1.29, 1.82) is 0 Å². The Morgan fingerprint density at radius 2 is 1.44 bits per heavy atom. The van der Waals surface area contributed by atoms with Crippen molar-refractivity contribution in [2.24, 2.45) is 0 Å². The van der Waals surface area contributed by atoms with Crippen LogP contribution in [0.5, 0.6) is 0 Å². The monoisotopic (exact) mass is 284 g/mol. The van der Waals surface area contributed by atoms with Gasteiger partial charge in [0.05, 0.1) is 0 Å². The zero-order valence-electron chi connectivity index (χ0n) is 9.64. The number of carbonyl (C=O) groups is 2. The molecule has 48 valence electrons. The molecular formula is C4H10BaCaO3. The average molecular weight is 284 g/mol. The average Bonchev–Trinajstić information content (AvgIpc) is 1.27. The van der Waals surface area contributed by atoms with E-state index in [1.165, 1.54) is 13.8 Å². The molecule has 0 aliphatic rings. The Morgan fingerprint density at radius 3 is 1.44 bits per heavy atom. The van der Waals surface area contributed by atoms with Crippen LogP contribution >= 0.6 is 0 Å². The summed E-state index contributed by atoms with van der Waals surface area (Å²) in [6.07, 6.45) is 0. The van der Waals surface area contributed by atoms with Crippen molar-refractivity contribution < 1.29 is 20.0 Å². The molecule has 0 amide bonds. The van der Waals surface area contributed by atoms with Gasteiger partial charge in [-0.2, -0.15) is 0 Å². The van der Waals surface area contributed by atoms with Crippen LogP contribution < -0.4 is 0 Å². The van der Waals surface area contributed by atoms with Crippen LogP contribution in [0, 0.1) is 0 Å². The van der Waals surface area contributed by atoms with Gasteiger partial charge in [0.25, 0.3) is 0 Å². The number of ether oxygens (including phenoxy) is 1. The van der Waals surface area contributed by atoms with Gasteiger partial charge < -0.3 is 10.4 Å². The van der Waals surface area contributed by atoms with Gasteiger partial charge in [-0.15, -0.1) is 0 Å². The number of rotatable bonds is 0. The minimum absolute atomic E-state index is 0. The third-order valence-electron chi connectivity index (χ3n) is 0.287. The first-order chi connectivity index (χ1) is 3.13. The molecule has 0 radical (unpaired) electrons. The summed E-state index contributed by atoms with van der Waals surface area (Å²) < 4.78 is 3.97. The largest absolute Gasteiger partial charge is 2.00 e. The van der Waals surface area contributed by atoms with E-state index in [4.69, 9.17) is 0 Å². The van der Waals surface area contributed by atoms with Gasteiger partial charge in [-0.1, -0.05) is 0 Å². The molecule has 0 saturated carbocycles. The van der Waals surface area contributed by atoms with Gasteiger partial charge in [-0.05, 0) is 0 Å². The van der Waals surface area contributed by atoms with E-state index < -0.39 is 11.9 Å². The summed E-state index contributed by atoms with van der Waals surface area (Å²) >= 11 is 0. The summed E-state index contributed by atoms with van der Waals surface area (Å²) in [4.78, 5) is 19.6. The molecule has 0 rings (SSSR count). The minimum atomic E-state index is -0.562. The molecule has 0 aliphatic heterocycles. The van der Waals surface area contributed by atoms with E-state index in [1.54, 1.807) is 0 Å². The molecule has 0 bridgehead atoms. The Hall–Kier alpha value is 1.97. The normalized spacial score (nSPS) is 6.00. The zero-order valence-corrected chi connectivity index (χ0v) is 12.3. The van der Waals surface area contributed by atoms with Gasteiger partial charge in [-0.25, -0.2) is 0 Å². The fourth-order valence-electron chi connectivity index (χ4n) is 0.202. The van der Waals surface area contributed by atoms with Crippen molar-refractivity contribution >= 4 is 98.6 Å². The first kappa shape index (κ1) is 17.2. The smallest absolute Gasteiger partial charge is 1.00 e. The van der Waals surface area contributed by atoms with Crippen LogP contribution in [0.1, 0.15) is 19.6 Å². The molecule has 0 N–H and O–H groups in total. The van der Waals surface area contributed by atoms with E-state index in [-0.39, 0.29) is 92.3 Å². The second-order valence-electron chi connectivity index (χ2n) is 1.09. The van der Waals surface area contributed by atoms with Crippen LogP contribution in [-0.2, 0) is 14.3 Å². The Kier molecular flexibility index (Phi) is 19.0. The fraction of sp³-hybridized carbons (Fsp3) is 0.500. The standard InChI is InChI=1S/C4H6O3.Ba.Ca.4H/c1-3(5)7-4(2)6;;;;;;/h1-2H3;;;;;;/q;2*+2;4*-1. The van der Waals surface area contributed by atoms with Crippen LogP contribution in [0.25, 0.3) is 0 Å². The first-order valence-corrected chi connectivity index (χ1v) is 1.82. The van der Waals surface area contributed by atoms with Gasteiger partial charge in [0.1, 0.15) is 0 Å². The van der Waals surface area contributed by atoms with E-state index in [9.17, 15) is 9.59 Å². The minimum Gasteiger partial charge on any atom is -1.00 e. The predicted molar refractivity (Wildman–Crippen MR) is 38.4 cm³/mol. The molecular weight excluding hydrogens is 273 g/mol. The van der Waals surface area contributed by atoms with E-state index in [0.29, 0.717) is 0 Å². The summed E-state index contributed by atoms with van der Waals surface area (Å²) in [5.74, 6) is -1.12.